The van der Waals surface area contributed by atoms with Gasteiger partial charge in [-0.05, 0) is 40.5 Å². The van der Waals surface area contributed by atoms with E-state index in [9.17, 15) is 4.79 Å². The van der Waals surface area contributed by atoms with Crippen LogP contribution < -0.4 is 5.32 Å². The van der Waals surface area contributed by atoms with Gasteiger partial charge in [0.2, 0.25) is 0 Å². The molecule has 2 aliphatic rings. The van der Waals surface area contributed by atoms with Crippen LogP contribution in [0.25, 0.3) is 0 Å². The van der Waals surface area contributed by atoms with Gasteiger partial charge in [0.05, 0.1) is 6.54 Å². The monoisotopic (exact) mass is 240 g/mol. The maximum absolute atomic E-state index is 11.4. The average Bonchev–Trinajstić information content (AvgIpc) is 2.12. The summed E-state index contributed by atoms with van der Waals surface area (Å²) in [6, 6.07) is 0.481. The Morgan fingerprint density at radius 1 is 1.24 bits per heavy atom. The SMILES string of the molecule is CC1(C)CC(N2CCOC(=O)C2)CC(C)(C)N1. The van der Waals surface area contributed by atoms with Crippen LogP contribution >= 0.6 is 0 Å². The van der Waals surface area contributed by atoms with Crippen LogP contribution in [0.2, 0.25) is 0 Å². The van der Waals surface area contributed by atoms with Crippen LogP contribution in [0.15, 0.2) is 0 Å². The van der Waals surface area contributed by atoms with Crippen LogP contribution in [-0.4, -0.2) is 47.7 Å². The van der Waals surface area contributed by atoms with Crippen molar-refractivity contribution in [2.24, 2.45) is 0 Å². The first-order valence-corrected chi connectivity index (χ1v) is 6.46. The van der Waals surface area contributed by atoms with Crippen LogP contribution in [0.1, 0.15) is 40.5 Å². The summed E-state index contributed by atoms with van der Waals surface area (Å²) < 4.78 is 5.01. The fourth-order valence-corrected chi connectivity index (χ4v) is 3.41. The third kappa shape index (κ3) is 3.19. The largest absolute Gasteiger partial charge is 0.463 e. The fraction of sp³-hybridized carbons (Fsp3) is 0.923. The molecule has 2 heterocycles. The molecule has 0 aromatic rings. The van der Waals surface area contributed by atoms with Gasteiger partial charge in [-0.1, -0.05) is 0 Å². The number of carbonyl (C=O) groups is 1. The van der Waals surface area contributed by atoms with Crippen molar-refractivity contribution in [1.82, 2.24) is 10.2 Å². The summed E-state index contributed by atoms with van der Waals surface area (Å²) in [6.45, 7) is 10.8. The summed E-state index contributed by atoms with van der Waals surface area (Å²) in [7, 11) is 0. The van der Waals surface area contributed by atoms with E-state index in [4.69, 9.17) is 4.74 Å². The van der Waals surface area contributed by atoms with Crippen molar-refractivity contribution in [3.8, 4) is 0 Å². The Kier molecular flexibility index (Phi) is 3.21. The summed E-state index contributed by atoms with van der Waals surface area (Å²) in [5.41, 5.74) is 0.265. The van der Waals surface area contributed by atoms with E-state index in [1.54, 1.807) is 0 Å². The van der Waals surface area contributed by atoms with Crippen molar-refractivity contribution in [2.45, 2.75) is 57.7 Å². The Labute approximate surface area is 104 Å². The number of hydrogen-bond acceptors (Lipinski definition) is 4. The number of esters is 1. The quantitative estimate of drug-likeness (QED) is 0.698. The van der Waals surface area contributed by atoms with E-state index in [1.165, 1.54) is 0 Å². The number of rotatable bonds is 1. The van der Waals surface area contributed by atoms with Crippen LogP contribution in [0, 0.1) is 0 Å². The smallest absolute Gasteiger partial charge is 0.320 e. The zero-order chi connectivity index (χ0) is 12.7. The zero-order valence-electron chi connectivity index (χ0n) is 11.4. The molecule has 2 fully saturated rings. The second kappa shape index (κ2) is 4.25. The molecule has 1 N–H and O–H groups in total. The Balaban J connectivity index is 2.07. The molecule has 0 atom stereocenters. The van der Waals surface area contributed by atoms with Gasteiger partial charge in [-0.3, -0.25) is 9.69 Å². The molecular weight excluding hydrogens is 216 g/mol. The molecule has 4 nitrogen and oxygen atoms in total. The number of cyclic esters (lactones) is 1. The number of hydrogen-bond donors (Lipinski definition) is 1. The molecule has 4 heteroatoms. The Hall–Kier alpha value is -0.610. The molecule has 2 saturated heterocycles. The van der Waals surface area contributed by atoms with E-state index in [-0.39, 0.29) is 17.0 Å². The van der Waals surface area contributed by atoms with E-state index in [0.717, 1.165) is 19.4 Å². The molecule has 0 amide bonds. The van der Waals surface area contributed by atoms with Crippen molar-refractivity contribution in [3.05, 3.63) is 0 Å². The molecule has 0 bridgehead atoms. The van der Waals surface area contributed by atoms with Gasteiger partial charge in [-0.25, -0.2) is 0 Å². The van der Waals surface area contributed by atoms with Crippen LogP contribution in [-0.2, 0) is 9.53 Å². The summed E-state index contributed by atoms with van der Waals surface area (Å²) in [6.07, 6.45) is 2.17. The van der Waals surface area contributed by atoms with Crippen LogP contribution in [0.4, 0.5) is 0 Å². The van der Waals surface area contributed by atoms with Crippen molar-refractivity contribution < 1.29 is 9.53 Å². The lowest BCUT2D eigenvalue weighted by molar-refractivity contribution is -0.153. The average molecular weight is 240 g/mol. The lowest BCUT2D eigenvalue weighted by atomic mass is 9.79. The fourth-order valence-electron chi connectivity index (χ4n) is 3.41. The van der Waals surface area contributed by atoms with E-state index in [0.29, 0.717) is 19.2 Å². The normalized spacial score (nSPS) is 30.0. The standard InChI is InChI=1S/C13H24N2O2/c1-12(2)7-10(8-13(3,4)14-12)15-5-6-17-11(16)9-15/h10,14H,5-9H2,1-4H3. The molecular formula is C13H24N2O2. The van der Waals surface area contributed by atoms with Crippen LogP contribution in [0.3, 0.4) is 0 Å². The zero-order valence-corrected chi connectivity index (χ0v) is 11.4. The minimum Gasteiger partial charge on any atom is -0.463 e. The second-order valence-electron chi connectivity index (χ2n) is 6.65. The topological polar surface area (TPSA) is 41.6 Å². The highest BCUT2D eigenvalue weighted by Crippen LogP contribution is 2.31. The van der Waals surface area contributed by atoms with Gasteiger partial charge in [0.25, 0.3) is 0 Å². The highest BCUT2D eigenvalue weighted by atomic mass is 16.5. The number of ether oxygens (including phenoxy) is 1. The number of nitrogens with zero attached hydrogens (tertiary/aromatic N) is 1. The maximum Gasteiger partial charge on any atom is 0.320 e. The number of carbonyl (C=O) groups excluding carboxylic acids is 1. The maximum atomic E-state index is 11.4. The van der Waals surface area contributed by atoms with Gasteiger partial charge < -0.3 is 10.1 Å². The molecule has 98 valence electrons. The molecule has 0 spiro atoms. The summed E-state index contributed by atoms with van der Waals surface area (Å²) in [4.78, 5) is 13.6. The molecule has 2 aliphatic heterocycles. The van der Waals surface area contributed by atoms with Gasteiger partial charge in [0.15, 0.2) is 0 Å². The van der Waals surface area contributed by atoms with Crippen molar-refractivity contribution >= 4 is 5.97 Å². The highest BCUT2D eigenvalue weighted by molar-refractivity contribution is 5.72. The van der Waals surface area contributed by atoms with Gasteiger partial charge in [0, 0.05) is 23.7 Å². The van der Waals surface area contributed by atoms with E-state index in [1.807, 2.05) is 0 Å². The molecule has 0 aromatic carbocycles. The van der Waals surface area contributed by atoms with Crippen LogP contribution in [0.5, 0.6) is 0 Å². The Morgan fingerprint density at radius 3 is 2.35 bits per heavy atom. The number of nitrogens with one attached hydrogen (secondary N) is 1. The van der Waals surface area contributed by atoms with Gasteiger partial charge >= 0.3 is 5.97 Å². The highest BCUT2D eigenvalue weighted by Gasteiger charge is 2.40. The summed E-state index contributed by atoms with van der Waals surface area (Å²) in [5.74, 6) is -0.0783. The number of morpholine rings is 1. The van der Waals surface area contributed by atoms with Crippen molar-refractivity contribution in [2.75, 3.05) is 19.7 Å². The summed E-state index contributed by atoms with van der Waals surface area (Å²) in [5, 5.41) is 3.67. The Bertz CT molecular complexity index is 297. The third-order valence-corrected chi connectivity index (χ3v) is 3.66. The predicted octanol–water partition coefficient (Wildman–Crippen LogP) is 1.15. The van der Waals surface area contributed by atoms with Gasteiger partial charge in [0.1, 0.15) is 6.61 Å². The van der Waals surface area contributed by atoms with E-state index >= 15 is 0 Å². The molecule has 0 aliphatic carbocycles. The lowest BCUT2D eigenvalue weighted by Gasteiger charge is -2.50. The molecule has 17 heavy (non-hydrogen) atoms. The minimum atomic E-state index is -0.0783. The van der Waals surface area contributed by atoms with E-state index in [2.05, 4.69) is 37.9 Å². The minimum absolute atomic E-state index is 0.0783. The molecule has 0 radical (unpaired) electrons. The first-order chi connectivity index (χ1) is 7.77. The summed E-state index contributed by atoms with van der Waals surface area (Å²) >= 11 is 0. The first kappa shape index (κ1) is 12.8. The predicted molar refractivity (Wildman–Crippen MR) is 66.8 cm³/mol. The van der Waals surface area contributed by atoms with Gasteiger partial charge in [-0.15, -0.1) is 0 Å². The molecule has 0 unspecified atom stereocenters. The van der Waals surface area contributed by atoms with Gasteiger partial charge in [-0.2, -0.15) is 0 Å². The Morgan fingerprint density at radius 2 is 1.82 bits per heavy atom. The third-order valence-electron chi connectivity index (χ3n) is 3.66. The molecule has 2 rings (SSSR count). The van der Waals surface area contributed by atoms with Crippen molar-refractivity contribution in [1.29, 1.82) is 0 Å². The molecule has 0 aromatic heterocycles. The van der Waals surface area contributed by atoms with Crippen molar-refractivity contribution in [3.63, 3.8) is 0 Å². The number of piperidine rings is 1. The second-order valence-corrected chi connectivity index (χ2v) is 6.65. The van der Waals surface area contributed by atoms with E-state index < -0.39 is 0 Å². The molecule has 0 saturated carbocycles. The first-order valence-electron chi connectivity index (χ1n) is 6.46. The lowest BCUT2D eigenvalue weighted by Crippen LogP contribution is -2.63.